The Kier molecular flexibility index (Phi) is 11.5. The number of hydrogen-bond acceptors (Lipinski definition) is 5. The molecule has 0 radical (unpaired) electrons. The molecule has 3 amide bonds. The minimum Gasteiger partial charge on any atom is -0.489 e. The smallest absolute Gasteiger partial charge is 0.272 e. The van der Waals surface area contributed by atoms with Crippen LogP contribution in [0.15, 0.2) is 138 Å². The Bertz CT molecular complexity index is 1860. The molecule has 47 heavy (non-hydrogen) atoms. The van der Waals surface area contributed by atoms with Crippen LogP contribution in [0.4, 0.5) is 11.4 Å². The van der Waals surface area contributed by atoms with Gasteiger partial charge in [0, 0.05) is 26.9 Å². The summed E-state index contributed by atoms with van der Waals surface area (Å²) in [5.41, 5.74) is 4.27. The lowest BCUT2D eigenvalue weighted by atomic mass is 10.1. The topological polar surface area (TPSA) is 96.5 Å². The Hall–Kier alpha value is -5.31. The molecular weight excluding hydrogens is 630 g/mol. The fourth-order valence-corrected chi connectivity index (χ4v) is 5.29. The first-order valence-electron chi connectivity index (χ1n) is 14.8. The lowest BCUT2D eigenvalue weighted by Gasteiger charge is -2.12. The van der Waals surface area contributed by atoms with E-state index < -0.39 is 11.8 Å². The van der Waals surface area contributed by atoms with E-state index in [1.807, 2.05) is 85.8 Å². The fraction of sp³-hybridized carbons (Fsp3) is 0.0789. The van der Waals surface area contributed by atoms with Gasteiger partial charge in [0.25, 0.3) is 11.8 Å². The number of carbonyl (C=O) groups is 3. The highest BCUT2D eigenvalue weighted by Gasteiger charge is 2.16. The molecule has 9 heteroatoms. The van der Waals surface area contributed by atoms with Crippen molar-refractivity contribution in [2.24, 2.45) is 0 Å². The van der Waals surface area contributed by atoms with Gasteiger partial charge in [-0.3, -0.25) is 14.4 Å². The van der Waals surface area contributed by atoms with Gasteiger partial charge in [0.2, 0.25) is 5.91 Å². The Morgan fingerprint density at radius 3 is 2.15 bits per heavy atom. The van der Waals surface area contributed by atoms with Crippen molar-refractivity contribution >= 4 is 58.5 Å². The molecule has 5 aromatic carbocycles. The molecule has 5 aromatic rings. The third-order valence-corrected chi connectivity index (χ3v) is 8.41. The van der Waals surface area contributed by atoms with E-state index in [1.165, 1.54) is 11.8 Å². The van der Waals surface area contributed by atoms with Crippen LogP contribution >= 0.6 is 23.4 Å². The van der Waals surface area contributed by atoms with E-state index in [9.17, 15) is 14.4 Å². The molecule has 0 bridgehead atoms. The second-order valence-electron chi connectivity index (χ2n) is 10.4. The third-order valence-electron chi connectivity index (χ3n) is 6.99. The number of halogens is 1. The van der Waals surface area contributed by atoms with Gasteiger partial charge in [-0.25, -0.2) is 0 Å². The predicted octanol–water partition coefficient (Wildman–Crippen LogP) is 8.37. The minimum absolute atomic E-state index is 0.0724. The van der Waals surface area contributed by atoms with Crippen molar-refractivity contribution < 1.29 is 19.1 Å². The summed E-state index contributed by atoms with van der Waals surface area (Å²) in [5.74, 6) is -0.174. The van der Waals surface area contributed by atoms with E-state index in [2.05, 4.69) is 16.0 Å². The molecule has 0 aliphatic rings. The van der Waals surface area contributed by atoms with Gasteiger partial charge < -0.3 is 20.7 Å². The highest BCUT2D eigenvalue weighted by atomic mass is 35.5. The fourth-order valence-electron chi connectivity index (χ4n) is 4.42. The molecule has 5 rings (SSSR count). The average molecular weight is 662 g/mol. The summed E-state index contributed by atoms with van der Waals surface area (Å²) >= 11 is 7.52. The standard InChI is InChI=1S/C38H32ClN3O4S/c1-26-33(39)13-8-14-34(26)41-36(43)25-47-32-21-17-30(18-22-32)40-38(45)35(42-37(44)29-11-6-3-7-12-29)23-27-15-19-31(20-16-27)46-24-28-9-4-2-5-10-28/h2-23H,24-25H2,1H3,(H,40,45)(H,41,43)(H,42,44)/b35-23-. The first kappa shape index (κ1) is 33.1. The van der Waals surface area contributed by atoms with Gasteiger partial charge in [-0.05, 0) is 90.4 Å². The van der Waals surface area contributed by atoms with Crippen molar-refractivity contribution in [3.05, 3.63) is 160 Å². The van der Waals surface area contributed by atoms with Gasteiger partial charge in [0.05, 0.1) is 5.75 Å². The average Bonchev–Trinajstić information content (AvgIpc) is 3.10. The van der Waals surface area contributed by atoms with E-state index in [1.54, 1.807) is 54.6 Å². The van der Waals surface area contributed by atoms with Crippen molar-refractivity contribution in [1.29, 1.82) is 0 Å². The summed E-state index contributed by atoms with van der Waals surface area (Å²) in [7, 11) is 0. The summed E-state index contributed by atoms with van der Waals surface area (Å²) in [6.45, 7) is 2.29. The van der Waals surface area contributed by atoms with Gasteiger partial charge in [-0.1, -0.05) is 78.3 Å². The molecule has 0 saturated carbocycles. The SMILES string of the molecule is Cc1c(Cl)cccc1NC(=O)CSc1ccc(NC(=O)/C(=C/c2ccc(OCc3ccccc3)cc2)NC(=O)c2ccccc2)cc1. The molecule has 0 heterocycles. The monoisotopic (exact) mass is 661 g/mol. The number of ether oxygens (including phenoxy) is 1. The largest absolute Gasteiger partial charge is 0.489 e. The summed E-state index contributed by atoms with van der Waals surface area (Å²) in [5, 5.41) is 9.09. The molecule has 3 N–H and O–H groups in total. The van der Waals surface area contributed by atoms with Gasteiger partial charge in [0.1, 0.15) is 18.1 Å². The quantitative estimate of drug-likeness (QED) is 0.0922. The Balaban J connectivity index is 1.23. The van der Waals surface area contributed by atoms with E-state index >= 15 is 0 Å². The van der Waals surface area contributed by atoms with Gasteiger partial charge in [-0.15, -0.1) is 11.8 Å². The number of nitrogens with one attached hydrogen (secondary N) is 3. The number of rotatable bonds is 12. The van der Waals surface area contributed by atoms with E-state index in [0.717, 1.165) is 16.0 Å². The molecule has 0 saturated heterocycles. The van der Waals surface area contributed by atoms with Crippen LogP contribution < -0.4 is 20.7 Å². The van der Waals surface area contributed by atoms with Gasteiger partial charge in [0.15, 0.2) is 0 Å². The molecule has 0 fully saturated rings. The van der Waals surface area contributed by atoms with Crippen molar-refractivity contribution in [2.75, 3.05) is 16.4 Å². The number of thioether (sulfide) groups is 1. The highest BCUT2D eigenvalue weighted by molar-refractivity contribution is 8.00. The molecule has 0 atom stereocenters. The van der Waals surface area contributed by atoms with Gasteiger partial charge >= 0.3 is 0 Å². The highest BCUT2D eigenvalue weighted by Crippen LogP contribution is 2.25. The van der Waals surface area contributed by atoms with E-state index in [-0.39, 0.29) is 17.4 Å². The third kappa shape index (κ3) is 9.84. The van der Waals surface area contributed by atoms with Gasteiger partial charge in [-0.2, -0.15) is 0 Å². The van der Waals surface area contributed by atoms with E-state index in [0.29, 0.717) is 39.9 Å². The summed E-state index contributed by atoms with van der Waals surface area (Å²) in [4.78, 5) is 39.8. The van der Waals surface area contributed by atoms with Crippen LogP contribution in [0.5, 0.6) is 5.75 Å². The lowest BCUT2D eigenvalue weighted by molar-refractivity contribution is -0.114. The molecule has 236 valence electrons. The maximum Gasteiger partial charge on any atom is 0.272 e. The predicted molar refractivity (Wildman–Crippen MR) is 190 cm³/mol. The van der Waals surface area contributed by atoms with Crippen LogP contribution in [-0.4, -0.2) is 23.5 Å². The molecule has 7 nitrogen and oxygen atoms in total. The molecule has 0 aromatic heterocycles. The second kappa shape index (κ2) is 16.3. The number of hydrogen-bond donors (Lipinski definition) is 3. The number of anilines is 2. The van der Waals surface area contributed by atoms with Crippen LogP contribution in [0.1, 0.15) is 27.0 Å². The Morgan fingerprint density at radius 2 is 1.45 bits per heavy atom. The summed E-state index contributed by atoms with van der Waals surface area (Å²) in [6, 6.07) is 38.3. The molecule has 0 aliphatic heterocycles. The second-order valence-corrected chi connectivity index (χ2v) is 11.9. The van der Waals surface area contributed by atoms with Crippen LogP contribution in [0.2, 0.25) is 5.02 Å². The van der Waals surface area contributed by atoms with E-state index in [4.69, 9.17) is 16.3 Å². The zero-order chi connectivity index (χ0) is 33.0. The molecular formula is C38H32ClN3O4S. The number of carbonyl (C=O) groups excluding carboxylic acids is 3. The van der Waals surface area contributed by atoms with Crippen LogP contribution in [-0.2, 0) is 16.2 Å². The maximum atomic E-state index is 13.4. The van der Waals surface area contributed by atoms with Crippen molar-refractivity contribution in [1.82, 2.24) is 5.32 Å². The molecule has 0 spiro atoms. The van der Waals surface area contributed by atoms with Crippen molar-refractivity contribution in [3.8, 4) is 5.75 Å². The maximum absolute atomic E-state index is 13.4. The summed E-state index contributed by atoms with van der Waals surface area (Å²) < 4.78 is 5.88. The number of amides is 3. The lowest BCUT2D eigenvalue weighted by Crippen LogP contribution is -2.30. The van der Waals surface area contributed by atoms with Crippen LogP contribution in [0.3, 0.4) is 0 Å². The first-order chi connectivity index (χ1) is 22.8. The van der Waals surface area contributed by atoms with Crippen LogP contribution in [0.25, 0.3) is 6.08 Å². The van der Waals surface area contributed by atoms with Crippen molar-refractivity contribution in [3.63, 3.8) is 0 Å². The zero-order valence-electron chi connectivity index (χ0n) is 25.5. The number of benzene rings is 5. The minimum atomic E-state index is -0.490. The normalized spacial score (nSPS) is 11.0. The van der Waals surface area contributed by atoms with Crippen molar-refractivity contribution in [2.45, 2.75) is 18.4 Å². The van der Waals surface area contributed by atoms with Crippen LogP contribution in [0, 0.1) is 6.92 Å². The first-order valence-corrected chi connectivity index (χ1v) is 16.1. The zero-order valence-corrected chi connectivity index (χ0v) is 27.1. The Labute approximate surface area is 283 Å². The summed E-state index contributed by atoms with van der Waals surface area (Å²) in [6.07, 6.45) is 1.61. The molecule has 0 aliphatic carbocycles. The molecule has 0 unspecified atom stereocenters. The Morgan fingerprint density at radius 1 is 0.766 bits per heavy atom.